The largest absolute Gasteiger partial charge is 0.468 e. The van der Waals surface area contributed by atoms with Crippen LogP contribution in [0.2, 0.25) is 0 Å². The van der Waals surface area contributed by atoms with E-state index in [-0.39, 0.29) is 18.4 Å². The van der Waals surface area contributed by atoms with Gasteiger partial charge in [0.05, 0.1) is 17.3 Å². The fourth-order valence-corrected chi connectivity index (χ4v) is 4.01. The van der Waals surface area contributed by atoms with Crippen LogP contribution in [0, 0.1) is 6.92 Å². The maximum Gasteiger partial charge on any atom is 0.325 e. The van der Waals surface area contributed by atoms with Crippen molar-refractivity contribution in [1.29, 1.82) is 0 Å². The Balaban J connectivity index is 2.17. The third kappa shape index (κ3) is 3.72. The maximum absolute atomic E-state index is 12.5. The van der Waals surface area contributed by atoms with Crippen molar-refractivity contribution in [3.8, 4) is 0 Å². The van der Waals surface area contributed by atoms with Crippen molar-refractivity contribution >= 4 is 49.4 Å². The first-order chi connectivity index (χ1) is 12.0. The topological polar surface area (TPSA) is 60.7 Å². The lowest BCUT2D eigenvalue weighted by Gasteiger charge is -2.05. The quantitative estimate of drug-likeness (QED) is 0.609. The van der Waals surface area contributed by atoms with Gasteiger partial charge in [0.1, 0.15) is 6.54 Å². The van der Waals surface area contributed by atoms with Crippen molar-refractivity contribution in [2.75, 3.05) is 7.11 Å². The summed E-state index contributed by atoms with van der Waals surface area (Å²) in [6.45, 7) is 1.97. The zero-order valence-corrected chi connectivity index (χ0v) is 16.1. The van der Waals surface area contributed by atoms with E-state index in [1.54, 1.807) is 22.8 Å². The van der Waals surface area contributed by atoms with E-state index >= 15 is 0 Å². The van der Waals surface area contributed by atoms with Gasteiger partial charge in [-0.1, -0.05) is 45.5 Å². The number of halogens is 1. The molecule has 5 nitrogen and oxygen atoms in total. The number of ether oxygens (including phenoxy) is 1. The van der Waals surface area contributed by atoms with Crippen LogP contribution in [-0.4, -0.2) is 23.6 Å². The Labute approximate surface area is 156 Å². The molecule has 0 spiro atoms. The Kier molecular flexibility index (Phi) is 5.15. The van der Waals surface area contributed by atoms with Crippen molar-refractivity contribution in [3.63, 3.8) is 0 Å². The number of aromatic nitrogens is 1. The Morgan fingerprint density at radius 2 is 2.00 bits per heavy atom. The van der Waals surface area contributed by atoms with Gasteiger partial charge in [0.2, 0.25) is 0 Å². The lowest BCUT2D eigenvalue weighted by Crippen LogP contribution is -2.22. The van der Waals surface area contributed by atoms with Crippen molar-refractivity contribution < 1.29 is 14.3 Å². The van der Waals surface area contributed by atoms with E-state index in [2.05, 4.69) is 20.9 Å². The van der Waals surface area contributed by atoms with Gasteiger partial charge in [0, 0.05) is 10.0 Å². The summed E-state index contributed by atoms with van der Waals surface area (Å²) in [6, 6.07) is 12.9. The maximum atomic E-state index is 12.5. The first kappa shape index (κ1) is 17.6. The number of thiazole rings is 1. The molecular formula is C18H15BrN2O3S. The van der Waals surface area contributed by atoms with Gasteiger partial charge in [-0.3, -0.25) is 9.59 Å². The number of carbonyl (C=O) groups excluding carboxylic acids is 2. The number of rotatable bonds is 3. The van der Waals surface area contributed by atoms with Crippen molar-refractivity contribution in [1.82, 2.24) is 4.57 Å². The molecule has 0 bridgehead atoms. The molecular weight excluding hydrogens is 404 g/mol. The molecule has 3 rings (SSSR count). The SMILES string of the molecule is COC(=O)Cn1c(=NC(=O)c2cccc(Br)c2)sc2cccc(C)c21. The number of esters is 1. The van der Waals surface area contributed by atoms with Gasteiger partial charge < -0.3 is 9.30 Å². The molecule has 0 aliphatic heterocycles. The van der Waals surface area contributed by atoms with E-state index in [4.69, 9.17) is 4.74 Å². The summed E-state index contributed by atoms with van der Waals surface area (Å²) >= 11 is 4.73. The second-order valence-corrected chi connectivity index (χ2v) is 7.32. The van der Waals surface area contributed by atoms with Crippen molar-refractivity contribution in [2.24, 2.45) is 4.99 Å². The number of carbonyl (C=O) groups is 2. The average Bonchev–Trinajstić information content (AvgIpc) is 2.93. The predicted octanol–water partition coefficient (Wildman–Crippen LogP) is 3.69. The van der Waals surface area contributed by atoms with Gasteiger partial charge in [-0.05, 0) is 36.8 Å². The van der Waals surface area contributed by atoms with Crippen LogP contribution in [0.3, 0.4) is 0 Å². The third-order valence-corrected chi connectivity index (χ3v) is 5.22. The zero-order chi connectivity index (χ0) is 18.0. The standard InChI is InChI=1S/C18H15BrN2O3S/c1-11-5-3-8-14-16(11)21(10-15(22)24-2)18(25-14)20-17(23)12-6-4-7-13(19)9-12/h3-9H,10H2,1-2H3. The highest BCUT2D eigenvalue weighted by atomic mass is 79.9. The number of fused-ring (bicyclic) bond motifs is 1. The van der Waals surface area contributed by atoms with E-state index < -0.39 is 0 Å². The van der Waals surface area contributed by atoms with E-state index in [1.807, 2.05) is 31.2 Å². The summed E-state index contributed by atoms with van der Waals surface area (Å²) in [6.07, 6.45) is 0. The number of amides is 1. The van der Waals surface area contributed by atoms with Crippen molar-refractivity contribution in [2.45, 2.75) is 13.5 Å². The summed E-state index contributed by atoms with van der Waals surface area (Å²) in [5, 5.41) is 0. The minimum atomic E-state index is -0.390. The molecule has 128 valence electrons. The van der Waals surface area contributed by atoms with Gasteiger partial charge in [-0.2, -0.15) is 4.99 Å². The van der Waals surface area contributed by atoms with Crippen LogP contribution < -0.4 is 4.80 Å². The number of hydrogen-bond acceptors (Lipinski definition) is 4. The molecule has 7 heteroatoms. The fourth-order valence-electron chi connectivity index (χ4n) is 2.51. The number of aryl methyl sites for hydroxylation is 1. The zero-order valence-electron chi connectivity index (χ0n) is 13.7. The third-order valence-electron chi connectivity index (χ3n) is 3.69. The molecule has 0 atom stereocenters. The summed E-state index contributed by atoms with van der Waals surface area (Å²) in [4.78, 5) is 29.1. The van der Waals surface area contributed by atoms with Crippen LogP contribution in [0.5, 0.6) is 0 Å². The summed E-state index contributed by atoms with van der Waals surface area (Å²) in [5.41, 5.74) is 2.38. The van der Waals surface area contributed by atoms with Crippen molar-refractivity contribution in [3.05, 3.63) is 62.9 Å². The molecule has 0 aliphatic rings. The van der Waals surface area contributed by atoms with Gasteiger partial charge in [0.25, 0.3) is 5.91 Å². The van der Waals surface area contributed by atoms with Gasteiger partial charge in [-0.25, -0.2) is 0 Å². The van der Waals surface area contributed by atoms with E-state index in [0.29, 0.717) is 10.4 Å². The minimum Gasteiger partial charge on any atom is -0.468 e. The molecule has 0 saturated heterocycles. The first-order valence-electron chi connectivity index (χ1n) is 7.50. The second kappa shape index (κ2) is 7.33. The molecule has 3 aromatic rings. The van der Waals surface area contributed by atoms with Crippen LogP contribution >= 0.6 is 27.3 Å². The number of para-hydroxylation sites is 1. The summed E-state index contributed by atoms with van der Waals surface area (Å²) < 4.78 is 8.29. The number of nitrogens with zero attached hydrogens (tertiary/aromatic N) is 2. The number of methoxy groups -OCH3 is 1. The van der Waals surface area contributed by atoms with Crippen LogP contribution in [0.1, 0.15) is 15.9 Å². The monoisotopic (exact) mass is 418 g/mol. The van der Waals surface area contributed by atoms with Gasteiger partial charge in [0.15, 0.2) is 4.80 Å². The molecule has 0 aliphatic carbocycles. The molecule has 1 amide bonds. The number of benzene rings is 2. The lowest BCUT2D eigenvalue weighted by atomic mass is 10.2. The Hall–Kier alpha value is -2.25. The smallest absolute Gasteiger partial charge is 0.325 e. The highest BCUT2D eigenvalue weighted by molar-refractivity contribution is 9.10. The normalized spacial score (nSPS) is 11.7. The molecule has 0 radical (unpaired) electrons. The first-order valence-corrected chi connectivity index (χ1v) is 9.11. The van der Waals surface area contributed by atoms with E-state index in [1.165, 1.54) is 18.4 Å². The predicted molar refractivity (Wildman–Crippen MR) is 101 cm³/mol. The van der Waals surface area contributed by atoms with Gasteiger partial charge in [-0.15, -0.1) is 0 Å². The van der Waals surface area contributed by atoms with Crippen LogP contribution in [0.25, 0.3) is 10.2 Å². The second-order valence-electron chi connectivity index (χ2n) is 5.40. The molecule has 25 heavy (non-hydrogen) atoms. The molecule has 0 fully saturated rings. The highest BCUT2D eigenvalue weighted by Gasteiger charge is 2.14. The summed E-state index contributed by atoms with van der Waals surface area (Å²) in [5.74, 6) is -0.747. The van der Waals surface area contributed by atoms with Crippen LogP contribution in [-0.2, 0) is 16.1 Å². The van der Waals surface area contributed by atoms with E-state index in [9.17, 15) is 9.59 Å². The minimum absolute atomic E-state index is 0.00590. The molecule has 2 aromatic carbocycles. The molecule has 0 N–H and O–H groups in total. The fraction of sp³-hybridized carbons (Fsp3) is 0.167. The molecule has 1 heterocycles. The molecule has 0 unspecified atom stereocenters. The van der Waals surface area contributed by atoms with Crippen LogP contribution in [0.4, 0.5) is 0 Å². The van der Waals surface area contributed by atoms with E-state index in [0.717, 1.165) is 20.3 Å². The Morgan fingerprint density at radius 3 is 2.72 bits per heavy atom. The van der Waals surface area contributed by atoms with Gasteiger partial charge >= 0.3 is 5.97 Å². The van der Waals surface area contributed by atoms with Crippen LogP contribution in [0.15, 0.2) is 51.9 Å². The average molecular weight is 419 g/mol. The highest BCUT2D eigenvalue weighted by Crippen LogP contribution is 2.21. The molecule has 1 aromatic heterocycles. The Morgan fingerprint density at radius 1 is 1.24 bits per heavy atom. The summed E-state index contributed by atoms with van der Waals surface area (Å²) in [7, 11) is 1.34. The number of hydrogen-bond donors (Lipinski definition) is 0. The lowest BCUT2D eigenvalue weighted by molar-refractivity contribution is -0.141. The Bertz CT molecular complexity index is 1040. The molecule has 0 saturated carbocycles.